The molecule has 0 radical (unpaired) electrons. The molecule has 3 aliphatic rings. The second kappa shape index (κ2) is 6.74. The molecule has 7 nitrogen and oxygen atoms in total. The van der Waals surface area contributed by atoms with Gasteiger partial charge in [0.05, 0.1) is 23.9 Å². The van der Waals surface area contributed by atoms with Gasteiger partial charge in [0.2, 0.25) is 5.91 Å². The van der Waals surface area contributed by atoms with Crippen LogP contribution in [0.4, 0.5) is 0 Å². The number of fused-ring (bicyclic) bond motifs is 5. The van der Waals surface area contributed by atoms with E-state index in [4.69, 9.17) is 9.51 Å². The Labute approximate surface area is 163 Å². The van der Waals surface area contributed by atoms with Gasteiger partial charge in [0.25, 0.3) is 0 Å². The van der Waals surface area contributed by atoms with Crippen LogP contribution in [-0.4, -0.2) is 49.4 Å². The first kappa shape index (κ1) is 17.4. The molecule has 1 amide bonds. The number of carbonyl (C=O) groups is 1. The normalized spacial score (nSPS) is 22.9. The van der Waals surface area contributed by atoms with Crippen LogP contribution in [0.25, 0.3) is 5.65 Å². The molecule has 3 aliphatic heterocycles. The van der Waals surface area contributed by atoms with Crippen LogP contribution >= 0.6 is 0 Å². The Morgan fingerprint density at radius 3 is 2.86 bits per heavy atom. The minimum absolute atomic E-state index is 0.0660. The number of amides is 1. The van der Waals surface area contributed by atoms with E-state index in [9.17, 15) is 4.79 Å². The maximum atomic E-state index is 13.1. The summed E-state index contributed by atoms with van der Waals surface area (Å²) in [6.45, 7) is 6.94. The summed E-state index contributed by atoms with van der Waals surface area (Å²) in [4.78, 5) is 22.3. The predicted molar refractivity (Wildman–Crippen MR) is 104 cm³/mol. The number of hydrogen-bond acceptors (Lipinski definition) is 5. The first-order chi connectivity index (χ1) is 13.6. The van der Waals surface area contributed by atoms with E-state index in [0.717, 1.165) is 60.8 Å². The van der Waals surface area contributed by atoms with Crippen molar-refractivity contribution in [3.8, 4) is 0 Å². The van der Waals surface area contributed by atoms with Gasteiger partial charge in [-0.25, -0.2) is 4.98 Å². The Morgan fingerprint density at radius 2 is 2.07 bits per heavy atom. The highest BCUT2D eigenvalue weighted by molar-refractivity contribution is 5.80. The lowest BCUT2D eigenvalue weighted by Crippen LogP contribution is -2.47. The second-order valence-corrected chi connectivity index (χ2v) is 8.09. The van der Waals surface area contributed by atoms with Crippen LogP contribution in [0.2, 0.25) is 0 Å². The number of piperidine rings is 1. The molecule has 0 aliphatic carbocycles. The molecule has 6 heterocycles. The van der Waals surface area contributed by atoms with Gasteiger partial charge >= 0.3 is 0 Å². The van der Waals surface area contributed by atoms with Crippen molar-refractivity contribution in [2.75, 3.05) is 13.1 Å². The van der Waals surface area contributed by atoms with Crippen LogP contribution in [0.5, 0.6) is 0 Å². The summed E-state index contributed by atoms with van der Waals surface area (Å²) in [6.07, 6.45) is 6.14. The number of rotatable bonds is 4. The summed E-state index contributed by atoms with van der Waals surface area (Å²) >= 11 is 0. The maximum Gasteiger partial charge on any atom is 0.227 e. The van der Waals surface area contributed by atoms with Crippen molar-refractivity contribution >= 4 is 11.6 Å². The van der Waals surface area contributed by atoms with E-state index in [0.29, 0.717) is 6.54 Å². The number of hydrogen-bond donors (Lipinski definition) is 0. The van der Waals surface area contributed by atoms with Crippen molar-refractivity contribution in [1.82, 2.24) is 24.3 Å². The van der Waals surface area contributed by atoms with Crippen molar-refractivity contribution in [2.45, 2.75) is 45.8 Å². The van der Waals surface area contributed by atoms with E-state index in [1.54, 1.807) is 0 Å². The third-order valence-corrected chi connectivity index (χ3v) is 6.18. The van der Waals surface area contributed by atoms with Crippen LogP contribution in [-0.2, 0) is 17.9 Å². The van der Waals surface area contributed by atoms with Crippen LogP contribution < -0.4 is 0 Å². The molecule has 0 saturated carbocycles. The Balaban J connectivity index is 1.36. The van der Waals surface area contributed by atoms with E-state index in [2.05, 4.69) is 25.6 Å². The predicted octanol–water partition coefficient (Wildman–Crippen LogP) is 2.56. The lowest BCUT2D eigenvalue weighted by atomic mass is 9.93. The van der Waals surface area contributed by atoms with Gasteiger partial charge in [-0.1, -0.05) is 11.2 Å². The van der Waals surface area contributed by atoms with Gasteiger partial charge in [0, 0.05) is 43.6 Å². The number of carbonyl (C=O) groups excluding carboxylic acids is 1. The summed E-state index contributed by atoms with van der Waals surface area (Å²) in [5, 5.41) is 4.05. The van der Waals surface area contributed by atoms with Gasteiger partial charge in [-0.05, 0) is 38.8 Å². The molecule has 2 bridgehead atoms. The Kier molecular flexibility index (Phi) is 4.19. The van der Waals surface area contributed by atoms with Crippen LogP contribution in [0.3, 0.4) is 0 Å². The molecule has 0 aromatic carbocycles. The summed E-state index contributed by atoms with van der Waals surface area (Å²) in [5.74, 6) is 1.15. The molecule has 146 valence electrons. The zero-order valence-corrected chi connectivity index (χ0v) is 16.3. The monoisotopic (exact) mass is 379 g/mol. The number of pyridine rings is 1. The summed E-state index contributed by atoms with van der Waals surface area (Å²) in [6, 6.07) is 6.26. The fourth-order valence-corrected chi connectivity index (χ4v) is 4.66. The topological polar surface area (TPSA) is 66.9 Å². The van der Waals surface area contributed by atoms with Gasteiger partial charge in [-0.3, -0.25) is 9.69 Å². The fraction of sp³-hybridized carbons (Fsp3) is 0.476. The summed E-state index contributed by atoms with van der Waals surface area (Å²) < 4.78 is 7.36. The smallest absolute Gasteiger partial charge is 0.227 e. The van der Waals surface area contributed by atoms with Crippen molar-refractivity contribution in [3.63, 3.8) is 0 Å². The second-order valence-electron chi connectivity index (χ2n) is 8.09. The van der Waals surface area contributed by atoms with Gasteiger partial charge in [-0.15, -0.1) is 0 Å². The number of aromatic nitrogens is 3. The minimum Gasteiger partial charge on any atom is -0.361 e. The highest BCUT2D eigenvalue weighted by atomic mass is 16.5. The molecule has 6 rings (SSSR count). The molecular weight excluding hydrogens is 354 g/mol. The van der Waals surface area contributed by atoms with Crippen molar-refractivity contribution in [3.05, 3.63) is 53.3 Å². The molecule has 2 atom stereocenters. The average molecular weight is 379 g/mol. The van der Waals surface area contributed by atoms with E-state index in [1.807, 2.05) is 38.2 Å². The largest absolute Gasteiger partial charge is 0.361 e. The molecule has 3 aromatic heterocycles. The molecule has 0 spiro atoms. The number of nitrogens with zero attached hydrogens (tertiary/aromatic N) is 5. The Hall–Kier alpha value is -2.67. The van der Waals surface area contributed by atoms with Crippen molar-refractivity contribution in [2.24, 2.45) is 5.92 Å². The van der Waals surface area contributed by atoms with E-state index >= 15 is 0 Å². The fourth-order valence-electron chi connectivity index (χ4n) is 4.66. The first-order valence-corrected chi connectivity index (χ1v) is 9.95. The summed E-state index contributed by atoms with van der Waals surface area (Å²) in [5.41, 5.74) is 3.95. The van der Waals surface area contributed by atoms with Gasteiger partial charge in [0.15, 0.2) is 0 Å². The average Bonchev–Trinajstić information content (AvgIpc) is 3.11. The summed E-state index contributed by atoms with van der Waals surface area (Å²) in [7, 11) is 0. The van der Waals surface area contributed by atoms with Gasteiger partial charge in [0.1, 0.15) is 11.4 Å². The number of imidazole rings is 1. The van der Waals surface area contributed by atoms with E-state index in [-0.39, 0.29) is 17.9 Å². The Bertz CT molecular complexity index is 970. The highest BCUT2D eigenvalue weighted by Gasteiger charge is 2.41. The molecule has 3 aromatic rings. The van der Waals surface area contributed by atoms with E-state index in [1.165, 1.54) is 0 Å². The Morgan fingerprint density at radius 1 is 1.18 bits per heavy atom. The minimum atomic E-state index is 0.0660. The zero-order valence-electron chi connectivity index (χ0n) is 16.3. The van der Waals surface area contributed by atoms with Crippen molar-refractivity contribution in [1.29, 1.82) is 0 Å². The maximum absolute atomic E-state index is 13.1. The SMILES string of the molecule is Cc1noc(C)c1CN1C(=O)[C@H]2CC[C@@H]1CN(Cc1cn3ccccc3n1)C2. The molecule has 0 unspecified atom stereocenters. The van der Waals surface area contributed by atoms with Gasteiger partial charge in [-0.2, -0.15) is 0 Å². The molecule has 3 saturated heterocycles. The lowest BCUT2D eigenvalue weighted by Gasteiger charge is -2.36. The van der Waals surface area contributed by atoms with Crippen molar-refractivity contribution < 1.29 is 9.32 Å². The van der Waals surface area contributed by atoms with Crippen LogP contribution in [0, 0.1) is 19.8 Å². The lowest BCUT2D eigenvalue weighted by molar-refractivity contribution is -0.140. The van der Waals surface area contributed by atoms with Crippen LogP contribution in [0.1, 0.15) is 35.6 Å². The third-order valence-electron chi connectivity index (χ3n) is 6.18. The molecule has 0 N–H and O–H groups in total. The zero-order chi connectivity index (χ0) is 19.3. The van der Waals surface area contributed by atoms with Crippen LogP contribution in [0.15, 0.2) is 35.1 Å². The molecular formula is C21H25N5O2. The highest BCUT2D eigenvalue weighted by Crippen LogP contribution is 2.32. The van der Waals surface area contributed by atoms with E-state index < -0.39 is 0 Å². The standard InChI is InChI=1S/C21H25N5O2/c1-14-19(15(2)28-23-14)13-26-18-7-6-16(21(26)27)9-24(12-18)10-17-11-25-8-4-3-5-20(25)22-17/h3-5,8,11,16,18H,6-7,9-10,12-13H2,1-2H3/t16-,18+/m0/s1. The molecule has 3 fully saturated rings. The molecule has 28 heavy (non-hydrogen) atoms. The quantitative estimate of drug-likeness (QED) is 0.697. The number of aryl methyl sites for hydroxylation is 2. The third kappa shape index (κ3) is 2.99. The first-order valence-electron chi connectivity index (χ1n) is 9.95. The molecule has 7 heteroatoms. The van der Waals surface area contributed by atoms with Gasteiger partial charge < -0.3 is 13.8 Å².